The molecule has 1 atom stereocenters. The number of rotatable bonds is 4. The van der Waals surface area contributed by atoms with Gasteiger partial charge in [-0.3, -0.25) is 9.59 Å². The molecule has 0 fully saturated rings. The van der Waals surface area contributed by atoms with Gasteiger partial charge in [-0.05, 0) is 49.3 Å². The third-order valence-corrected chi connectivity index (χ3v) is 6.74. The Morgan fingerprint density at radius 3 is 2.85 bits per heavy atom. The van der Waals surface area contributed by atoms with E-state index in [0.29, 0.717) is 15.4 Å². The third-order valence-electron chi connectivity index (χ3n) is 4.90. The zero-order valence-corrected chi connectivity index (χ0v) is 16.8. The van der Waals surface area contributed by atoms with Crippen LogP contribution in [0.3, 0.4) is 0 Å². The Morgan fingerprint density at radius 2 is 2.07 bits per heavy atom. The van der Waals surface area contributed by atoms with Crippen molar-refractivity contribution in [1.82, 2.24) is 9.97 Å². The van der Waals surface area contributed by atoms with E-state index in [4.69, 9.17) is 4.74 Å². The van der Waals surface area contributed by atoms with Gasteiger partial charge >= 0.3 is 5.97 Å². The van der Waals surface area contributed by atoms with Gasteiger partial charge in [-0.25, -0.2) is 4.98 Å². The monoisotopic (exact) mass is 400 g/mol. The molecule has 1 N–H and O–H groups in total. The van der Waals surface area contributed by atoms with E-state index in [1.54, 1.807) is 6.92 Å². The van der Waals surface area contributed by atoms with Crippen molar-refractivity contribution in [3.63, 3.8) is 0 Å². The maximum absolute atomic E-state index is 12.7. The predicted octanol–water partition coefficient (Wildman–Crippen LogP) is 4.18. The molecule has 140 valence electrons. The predicted molar refractivity (Wildman–Crippen MR) is 110 cm³/mol. The summed E-state index contributed by atoms with van der Waals surface area (Å²) in [5.74, 6) is -0.344. The summed E-state index contributed by atoms with van der Waals surface area (Å²) >= 11 is 2.65. The van der Waals surface area contributed by atoms with Crippen LogP contribution in [0.4, 0.5) is 0 Å². The van der Waals surface area contributed by atoms with Crippen LogP contribution < -0.4 is 5.56 Å². The van der Waals surface area contributed by atoms with E-state index in [9.17, 15) is 9.59 Å². The zero-order valence-electron chi connectivity index (χ0n) is 15.2. The molecule has 0 amide bonds. The van der Waals surface area contributed by atoms with Crippen LogP contribution >= 0.6 is 23.1 Å². The number of aryl methyl sites for hydroxylation is 2. The van der Waals surface area contributed by atoms with Crippen LogP contribution in [0, 0.1) is 0 Å². The first-order valence-corrected chi connectivity index (χ1v) is 10.7. The van der Waals surface area contributed by atoms with Gasteiger partial charge in [0.1, 0.15) is 10.1 Å². The Hall–Kier alpha value is -2.12. The van der Waals surface area contributed by atoms with E-state index in [1.807, 2.05) is 5.38 Å². The quantitative estimate of drug-likeness (QED) is 0.404. The van der Waals surface area contributed by atoms with Crippen molar-refractivity contribution in [2.45, 2.75) is 43.0 Å². The molecule has 0 saturated heterocycles. The van der Waals surface area contributed by atoms with Crippen LogP contribution in [0.15, 0.2) is 33.5 Å². The average Bonchev–Trinajstić information content (AvgIpc) is 3.11. The number of esters is 1. The number of nitrogens with zero attached hydrogens (tertiary/aromatic N) is 1. The molecule has 7 heteroatoms. The highest BCUT2D eigenvalue weighted by atomic mass is 32.2. The van der Waals surface area contributed by atoms with Gasteiger partial charge in [-0.1, -0.05) is 30.0 Å². The number of thioether (sulfide) groups is 1. The van der Waals surface area contributed by atoms with Gasteiger partial charge in [0.05, 0.1) is 12.5 Å². The fraction of sp³-hybridized carbons (Fsp3) is 0.350. The number of fused-ring (bicyclic) bond motifs is 2. The zero-order chi connectivity index (χ0) is 19.0. The minimum absolute atomic E-state index is 0.173. The molecule has 0 saturated carbocycles. The number of ether oxygens (including phenoxy) is 1. The third kappa shape index (κ3) is 3.53. The molecular formula is C20H20N2O3S2. The second kappa shape index (κ2) is 7.48. The topological polar surface area (TPSA) is 72.0 Å². The molecule has 2 heterocycles. The Bertz CT molecular complexity index is 1070. The van der Waals surface area contributed by atoms with Crippen molar-refractivity contribution >= 4 is 39.3 Å². The molecule has 1 aliphatic rings. The summed E-state index contributed by atoms with van der Waals surface area (Å²) in [6, 6.07) is 6.52. The van der Waals surface area contributed by atoms with Crippen molar-refractivity contribution in [3.05, 3.63) is 45.1 Å². The average molecular weight is 401 g/mol. The largest absolute Gasteiger partial charge is 0.468 e. The van der Waals surface area contributed by atoms with Gasteiger partial charge in [0.2, 0.25) is 0 Å². The molecule has 4 rings (SSSR count). The number of hydrogen-bond donors (Lipinski definition) is 1. The summed E-state index contributed by atoms with van der Waals surface area (Å²) in [5.41, 5.74) is 4.63. The van der Waals surface area contributed by atoms with Crippen molar-refractivity contribution < 1.29 is 9.53 Å². The fourth-order valence-electron chi connectivity index (χ4n) is 3.48. The molecule has 1 aliphatic carbocycles. The highest BCUT2D eigenvalue weighted by molar-refractivity contribution is 8.00. The minimum atomic E-state index is -0.435. The van der Waals surface area contributed by atoms with Crippen LogP contribution in [0.5, 0.6) is 0 Å². The number of aromatic nitrogens is 2. The number of aromatic amines is 1. The molecule has 1 unspecified atom stereocenters. The second-order valence-corrected chi connectivity index (χ2v) is 8.86. The first kappa shape index (κ1) is 18.3. The number of nitrogens with one attached hydrogen (secondary N) is 1. The highest BCUT2D eigenvalue weighted by Gasteiger charge is 2.19. The first-order chi connectivity index (χ1) is 13.1. The van der Waals surface area contributed by atoms with E-state index in [1.165, 1.54) is 54.2 Å². The highest BCUT2D eigenvalue weighted by Crippen LogP contribution is 2.34. The number of benzene rings is 1. The second-order valence-electron chi connectivity index (χ2n) is 6.67. The Labute approximate surface area is 165 Å². The Kier molecular flexibility index (Phi) is 5.06. The molecule has 0 radical (unpaired) electrons. The summed E-state index contributed by atoms with van der Waals surface area (Å²) in [4.78, 5) is 32.4. The molecule has 2 aromatic heterocycles. The minimum Gasteiger partial charge on any atom is -0.468 e. The van der Waals surface area contributed by atoms with E-state index in [-0.39, 0.29) is 11.5 Å². The number of hydrogen-bond acceptors (Lipinski definition) is 6. The number of thiophene rings is 1. The van der Waals surface area contributed by atoms with E-state index in [0.717, 1.165) is 24.0 Å². The standard InChI is InChI=1S/C20H20N2O3S2/c1-11(19(24)25-2)27-20-21-17(23)16-15(10-26-18(16)22-20)14-8-7-12-5-3-4-6-13(12)9-14/h7-11H,3-6H2,1-2H3,(H,21,22,23). The van der Waals surface area contributed by atoms with Gasteiger partial charge in [-0.2, -0.15) is 0 Å². The van der Waals surface area contributed by atoms with E-state index >= 15 is 0 Å². The molecule has 0 aliphatic heterocycles. The van der Waals surface area contributed by atoms with Crippen LogP contribution in [-0.4, -0.2) is 28.3 Å². The lowest BCUT2D eigenvalue weighted by molar-refractivity contribution is -0.139. The molecule has 3 aromatic rings. The van der Waals surface area contributed by atoms with Crippen LogP contribution in [-0.2, 0) is 22.4 Å². The molecule has 0 bridgehead atoms. The summed E-state index contributed by atoms with van der Waals surface area (Å²) in [7, 11) is 1.35. The Morgan fingerprint density at radius 1 is 1.30 bits per heavy atom. The van der Waals surface area contributed by atoms with Crippen LogP contribution in [0.25, 0.3) is 21.3 Å². The molecule has 1 aromatic carbocycles. The summed E-state index contributed by atoms with van der Waals surface area (Å²) < 4.78 is 4.73. The number of carbonyl (C=O) groups is 1. The number of methoxy groups -OCH3 is 1. The van der Waals surface area contributed by atoms with Crippen molar-refractivity contribution in [3.8, 4) is 11.1 Å². The van der Waals surface area contributed by atoms with E-state index in [2.05, 4.69) is 28.2 Å². The van der Waals surface area contributed by atoms with Crippen LogP contribution in [0.1, 0.15) is 30.9 Å². The van der Waals surface area contributed by atoms with Gasteiger partial charge < -0.3 is 9.72 Å². The number of carbonyl (C=O) groups excluding carboxylic acids is 1. The van der Waals surface area contributed by atoms with Crippen molar-refractivity contribution in [2.75, 3.05) is 7.11 Å². The van der Waals surface area contributed by atoms with Gasteiger partial charge in [0, 0.05) is 10.9 Å². The van der Waals surface area contributed by atoms with Crippen molar-refractivity contribution in [1.29, 1.82) is 0 Å². The normalized spacial score (nSPS) is 14.7. The van der Waals surface area contributed by atoms with Crippen molar-refractivity contribution in [2.24, 2.45) is 0 Å². The SMILES string of the molecule is COC(=O)C(C)Sc1nc2scc(-c3ccc4c(c3)CCCC4)c2c(=O)[nH]1. The molecule has 5 nitrogen and oxygen atoms in total. The lowest BCUT2D eigenvalue weighted by Crippen LogP contribution is -2.16. The Balaban J connectivity index is 1.72. The molecular weight excluding hydrogens is 380 g/mol. The molecule has 0 spiro atoms. The van der Waals surface area contributed by atoms with Gasteiger partial charge in [0.15, 0.2) is 5.16 Å². The summed E-state index contributed by atoms with van der Waals surface area (Å²) in [6.45, 7) is 1.73. The smallest absolute Gasteiger partial charge is 0.318 e. The number of H-pyrrole nitrogens is 1. The maximum Gasteiger partial charge on any atom is 0.318 e. The maximum atomic E-state index is 12.7. The lowest BCUT2D eigenvalue weighted by Gasteiger charge is -2.16. The summed E-state index contributed by atoms with van der Waals surface area (Å²) in [6.07, 6.45) is 4.72. The van der Waals surface area contributed by atoms with Gasteiger partial charge in [0.25, 0.3) is 5.56 Å². The lowest BCUT2D eigenvalue weighted by atomic mass is 9.89. The van der Waals surface area contributed by atoms with Crippen LogP contribution in [0.2, 0.25) is 0 Å². The fourth-order valence-corrected chi connectivity index (χ4v) is 5.31. The summed E-state index contributed by atoms with van der Waals surface area (Å²) in [5, 5.41) is 2.61. The molecule has 27 heavy (non-hydrogen) atoms. The van der Waals surface area contributed by atoms with Gasteiger partial charge in [-0.15, -0.1) is 11.3 Å². The first-order valence-electron chi connectivity index (χ1n) is 8.95. The van der Waals surface area contributed by atoms with E-state index < -0.39 is 5.25 Å².